The highest BCUT2D eigenvalue weighted by molar-refractivity contribution is 7.71. The minimum atomic E-state index is 0.00818. The molecule has 0 aliphatic carbocycles. The normalized spacial score (nSPS) is 17.6. The van der Waals surface area contributed by atoms with Gasteiger partial charge in [-0.2, -0.15) is 5.10 Å². The summed E-state index contributed by atoms with van der Waals surface area (Å²) in [5.74, 6) is 0.784. The number of H-pyrrole nitrogens is 1. The number of hydrogen-bond acceptors (Lipinski definition) is 4. The second kappa shape index (κ2) is 7.72. The van der Waals surface area contributed by atoms with E-state index in [9.17, 15) is 4.79 Å². The third-order valence-electron chi connectivity index (χ3n) is 4.20. The molecule has 2 N–H and O–H groups in total. The number of benzene rings is 1. The summed E-state index contributed by atoms with van der Waals surface area (Å²) in [6, 6.07) is 7.60. The topological polar surface area (TPSA) is 71.9 Å². The van der Waals surface area contributed by atoms with E-state index in [2.05, 4.69) is 15.5 Å². The van der Waals surface area contributed by atoms with E-state index in [1.807, 2.05) is 35.8 Å². The number of hydrogen-bond donors (Lipinski definition) is 2. The van der Waals surface area contributed by atoms with Crippen molar-refractivity contribution in [1.29, 1.82) is 0 Å². The first-order valence-electron chi connectivity index (χ1n) is 8.29. The predicted molar refractivity (Wildman–Crippen MR) is 94.9 cm³/mol. The number of carbonyl (C=O) groups is 1. The van der Waals surface area contributed by atoms with Gasteiger partial charge in [0.1, 0.15) is 5.82 Å². The van der Waals surface area contributed by atoms with Crippen LogP contribution in [0.2, 0.25) is 0 Å². The number of nitrogens with zero attached hydrogens (tertiary/aromatic N) is 2. The first-order valence-corrected chi connectivity index (χ1v) is 8.70. The summed E-state index contributed by atoms with van der Waals surface area (Å²) in [6.07, 6.45) is 4.85. The average Bonchev–Trinajstić information content (AvgIpc) is 2.93. The number of ether oxygens (including phenoxy) is 1. The van der Waals surface area contributed by atoms with Gasteiger partial charge in [-0.3, -0.25) is 14.5 Å². The Morgan fingerprint density at radius 1 is 1.50 bits per heavy atom. The predicted octanol–water partition coefficient (Wildman–Crippen LogP) is 3.53. The number of carbonyl (C=O) groups excluding carboxylic acids is 1. The van der Waals surface area contributed by atoms with Gasteiger partial charge in [0.15, 0.2) is 4.77 Å². The van der Waals surface area contributed by atoms with Crippen molar-refractivity contribution in [3.05, 3.63) is 34.9 Å². The standard InChI is InChI=1S/C17H22N4O2S/c1-12-19-20-17(24)21(12)14-6-4-5-13(11-14)18-16(22)9-8-15-7-2-3-10-23-15/h4-6,11,15H,2-3,7-10H2,1H3,(H,18,22)(H,20,24)/t15-/m0/s1. The van der Waals surface area contributed by atoms with E-state index in [-0.39, 0.29) is 12.0 Å². The Morgan fingerprint density at radius 3 is 3.08 bits per heavy atom. The molecule has 2 heterocycles. The van der Waals surface area contributed by atoms with Gasteiger partial charge in [-0.05, 0) is 63.0 Å². The van der Waals surface area contributed by atoms with Crippen LogP contribution in [0.15, 0.2) is 24.3 Å². The van der Waals surface area contributed by atoms with Crippen molar-refractivity contribution in [3.63, 3.8) is 0 Å². The van der Waals surface area contributed by atoms with E-state index in [0.717, 1.165) is 43.1 Å². The molecule has 6 nitrogen and oxygen atoms in total. The molecule has 0 unspecified atom stereocenters. The molecule has 1 aliphatic heterocycles. The maximum atomic E-state index is 12.2. The molecule has 1 amide bonds. The lowest BCUT2D eigenvalue weighted by Crippen LogP contribution is -2.21. The highest BCUT2D eigenvalue weighted by Crippen LogP contribution is 2.19. The molecule has 1 aromatic carbocycles. The molecule has 7 heteroatoms. The molecule has 128 valence electrons. The van der Waals surface area contributed by atoms with Crippen LogP contribution in [0.3, 0.4) is 0 Å². The monoisotopic (exact) mass is 346 g/mol. The van der Waals surface area contributed by atoms with Gasteiger partial charge in [-0.15, -0.1) is 0 Å². The number of rotatable bonds is 5. The third kappa shape index (κ3) is 4.10. The zero-order chi connectivity index (χ0) is 16.9. The second-order valence-corrected chi connectivity index (χ2v) is 6.42. The molecular weight excluding hydrogens is 324 g/mol. The van der Waals surface area contributed by atoms with Crippen LogP contribution < -0.4 is 5.32 Å². The Balaban J connectivity index is 1.62. The number of aromatic amines is 1. The molecular formula is C17H22N4O2S. The van der Waals surface area contributed by atoms with E-state index >= 15 is 0 Å². The van der Waals surface area contributed by atoms with E-state index in [1.54, 1.807) is 0 Å². The summed E-state index contributed by atoms with van der Waals surface area (Å²) in [4.78, 5) is 12.2. The molecule has 24 heavy (non-hydrogen) atoms. The quantitative estimate of drug-likeness (QED) is 0.813. The van der Waals surface area contributed by atoms with Crippen LogP contribution in [0, 0.1) is 11.7 Å². The van der Waals surface area contributed by atoms with Gasteiger partial charge in [0.25, 0.3) is 0 Å². The van der Waals surface area contributed by atoms with Crippen LogP contribution in [-0.4, -0.2) is 33.4 Å². The number of aromatic nitrogens is 3. The second-order valence-electron chi connectivity index (χ2n) is 6.04. The number of aryl methyl sites for hydroxylation is 1. The van der Waals surface area contributed by atoms with Gasteiger partial charge in [0, 0.05) is 18.7 Å². The van der Waals surface area contributed by atoms with Crippen LogP contribution in [-0.2, 0) is 9.53 Å². The first kappa shape index (κ1) is 16.9. The Bertz CT molecular complexity index is 762. The first-order chi connectivity index (χ1) is 11.6. The lowest BCUT2D eigenvalue weighted by atomic mass is 10.0. The maximum absolute atomic E-state index is 12.2. The fraction of sp³-hybridized carbons (Fsp3) is 0.471. The lowest BCUT2D eigenvalue weighted by Gasteiger charge is -2.22. The summed E-state index contributed by atoms with van der Waals surface area (Å²) in [7, 11) is 0. The largest absolute Gasteiger partial charge is 0.378 e. The smallest absolute Gasteiger partial charge is 0.224 e. The maximum Gasteiger partial charge on any atom is 0.224 e. The number of anilines is 1. The van der Waals surface area contributed by atoms with E-state index in [4.69, 9.17) is 17.0 Å². The SMILES string of the molecule is Cc1n[nH]c(=S)n1-c1cccc(NC(=O)CC[C@@H]2CCCCO2)c1. The van der Waals surface area contributed by atoms with Crippen molar-refractivity contribution in [1.82, 2.24) is 14.8 Å². The molecule has 3 rings (SSSR count). The Hall–Kier alpha value is -1.99. The van der Waals surface area contributed by atoms with Crippen molar-refractivity contribution >= 4 is 23.8 Å². The zero-order valence-electron chi connectivity index (χ0n) is 13.7. The molecule has 1 saturated heterocycles. The number of amides is 1. The van der Waals surface area contributed by atoms with Crippen LogP contribution in [0.4, 0.5) is 5.69 Å². The fourth-order valence-corrected chi connectivity index (χ4v) is 3.24. The zero-order valence-corrected chi connectivity index (χ0v) is 14.6. The van der Waals surface area contributed by atoms with Gasteiger partial charge in [0.2, 0.25) is 5.91 Å². The minimum Gasteiger partial charge on any atom is -0.378 e. The van der Waals surface area contributed by atoms with Crippen LogP contribution in [0.1, 0.15) is 37.9 Å². The molecule has 1 fully saturated rings. The van der Waals surface area contributed by atoms with Crippen LogP contribution in [0.5, 0.6) is 0 Å². The molecule has 0 bridgehead atoms. The Labute approximate surface area is 146 Å². The average molecular weight is 346 g/mol. The highest BCUT2D eigenvalue weighted by atomic mass is 32.1. The van der Waals surface area contributed by atoms with Crippen molar-refractivity contribution in [2.24, 2.45) is 0 Å². The molecule has 0 spiro atoms. The summed E-state index contributed by atoms with van der Waals surface area (Å²) in [5.41, 5.74) is 1.63. The van der Waals surface area contributed by atoms with Crippen molar-refractivity contribution in [3.8, 4) is 5.69 Å². The summed E-state index contributed by atoms with van der Waals surface area (Å²) in [6.45, 7) is 2.70. The summed E-state index contributed by atoms with van der Waals surface area (Å²) >= 11 is 5.24. The molecule has 1 aromatic heterocycles. The van der Waals surface area contributed by atoms with Gasteiger partial charge in [-0.25, -0.2) is 0 Å². The van der Waals surface area contributed by atoms with Gasteiger partial charge in [-0.1, -0.05) is 6.07 Å². The minimum absolute atomic E-state index is 0.00818. The van der Waals surface area contributed by atoms with Crippen LogP contribution >= 0.6 is 12.2 Å². The molecule has 0 radical (unpaired) electrons. The molecule has 2 aromatic rings. The molecule has 1 aliphatic rings. The van der Waals surface area contributed by atoms with Gasteiger partial charge in [0.05, 0.1) is 11.8 Å². The van der Waals surface area contributed by atoms with Gasteiger partial charge >= 0.3 is 0 Å². The fourth-order valence-electron chi connectivity index (χ4n) is 2.95. The lowest BCUT2D eigenvalue weighted by molar-refractivity contribution is -0.117. The van der Waals surface area contributed by atoms with Crippen molar-refractivity contribution < 1.29 is 9.53 Å². The number of nitrogens with one attached hydrogen (secondary N) is 2. The van der Waals surface area contributed by atoms with E-state index in [1.165, 1.54) is 6.42 Å². The van der Waals surface area contributed by atoms with E-state index in [0.29, 0.717) is 11.2 Å². The van der Waals surface area contributed by atoms with Crippen LogP contribution in [0.25, 0.3) is 5.69 Å². The molecule has 0 saturated carbocycles. The van der Waals surface area contributed by atoms with E-state index < -0.39 is 0 Å². The highest BCUT2D eigenvalue weighted by Gasteiger charge is 2.15. The summed E-state index contributed by atoms with van der Waals surface area (Å²) in [5, 5.41) is 9.83. The van der Waals surface area contributed by atoms with Crippen molar-refractivity contribution in [2.75, 3.05) is 11.9 Å². The molecule has 1 atom stereocenters. The Kier molecular flexibility index (Phi) is 5.42. The summed E-state index contributed by atoms with van der Waals surface area (Å²) < 4.78 is 8.03. The van der Waals surface area contributed by atoms with Crippen molar-refractivity contribution in [2.45, 2.75) is 45.1 Å². The Morgan fingerprint density at radius 2 is 2.38 bits per heavy atom. The van der Waals surface area contributed by atoms with Gasteiger partial charge < -0.3 is 10.1 Å². The third-order valence-corrected chi connectivity index (χ3v) is 4.47.